The molecule has 1 amide bonds. The van der Waals surface area contributed by atoms with E-state index in [4.69, 9.17) is 0 Å². The molecule has 1 heterocycles. The van der Waals surface area contributed by atoms with Crippen LogP contribution in [0.4, 0.5) is 5.69 Å². The Bertz CT molecular complexity index is 973. The van der Waals surface area contributed by atoms with Crippen molar-refractivity contribution in [2.24, 2.45) is 0 Å². The number of carbonyl (C=O) groups is 1. The van der Waals surface area contributed by atoms with Crippen LogP contribution in [0, 0.1) is 6.92 Å². The molecule has 0 bridgehead atoms. The highest BCUT2D eigenvalue weighted by Gasteiger charge is 2.31. The van der Waals surface area contributed by atoms with Crippen molar-refractivity contribution in [2.75, 3.05) is 18.1 Å². The van der Waals surface area contributed by atoms with Crippen LogP contribution in [-0.4, -0.2) is 37.5 Å². The van der Waals surface area contributed by atoms with E-state index < -0.39 is 10.0 Å². The molecule has 28 heavy (non-hydrogen) atoms. The number of benzene rings is 2. The summed E-state index contributed by atoms with van der Waals surface area (Å²) in [4.78, 5) is 14.0. The number of nitrogens with zero attached hydrogens (tertiary/aromatic N) is 1. The van der Waals surface area contributed by atoms with Gasteiger partial charge in [0.15, 0.2) is 0 Å². The van der Waals surface area contributed by atoms with Gasteiger partial charge in [0.05, 0.1) is 10.6 Å². The fourth-order valence-electron chi connectivity index (χ4n) is 3.51. The molecule has 1 N–H and O–H groups in total. The van der Waals surface area contributed by atoms with Crippen molar-refractivity contribution < 1.29 is 13.2 Å². The van der Waals surface area contributed by atoms with Gasteiger partial charge in [0.25, 0.3) is 5.91 Å². The zero-order valence-electron chi connectivity index (χ0n) is 16.4. The summed E-state index contributed by atoms with van der Waals surface area (Å²) < 4.78 is 27.8. The molecule has 2 aromatic carbocycles. The lowest BCUT2D eigenvalue weighted by molar-refractivity contribution is 0.102. The molecule has 1 fully saturated rings. The van der Waals surface area contributed by atoms with E-state index in [0.29, 0.717) is 12.1 Å². The number of anilines is 1. The lowest BCUT2D eigenvalue weighted by Crippen LogP contribution is -2.42. The summed E-state index contributed by atoms with van der Waals surface area (Å²) in [7, 11) is -3.62. The Balaban J connectivity index is 1.92. The molecule has 0 saturated carbocycles. The second-order valence-corrected chi connectivity index (χ2v) is 9.83. The fourth-order valence-corrected chi connectivity index (χ4v) is 5.79. The molecule has 0 aromatic heterocycles. The van der Waals surface area contributed by atoms with E-state index >= 15 is 0 Å². The average Bonchev–Trinajstić information content (AvgIpc) is 2.68. The number of hydrogen-bond acceptors (Lipinski definition) is 4. The van der Waals surface area contributed by atoms with Gasteiger partial charge >= 0.3 is 0 Å². The Morgan fingerprint density at radius 2 is 1.93 bits per heavy atom. The highest BCUT2D eigenvalue weighted by molar-refractivity contribution is 7.98. The second-order valence-electron chi connectivity index (χ2n) is 7.09. The molecule has 0 aliphatic carbocycles. The Hall–Kier alpha value is -1.83. The molecule has 5 nitrogen and oxygen atoms in total. The average molecular weight is 419 g/mol. The third-order valence-corrected chi connectivity index (χ3v) is 7.96. The molecule has 1 atom stereocenters. The van der Waals surface area contributed by atoms with Gasteiger partial charge in [-0.05, 0) is 62.8 Å². The fraction of sp³-hybridized carbons (Fsp3) is 0.381. The van der Waals surface area contributed by atoms with Crippen molar-refractivity contribution in [3.8, 4) is 0 Å². The lowest BCUT2D eigenvalue weighted by atomic mass is 10.1. The number of para-hydroxylation sites is 1. The van der Waals surface area contributed by atoms with Gasteiger partial charge < -0.3 is 5.32 Å². The molecule has 3 rings (SSSR count). The molecule has 1 aliphatic heterocycles. The standard InChI is InChI=1S/C21H26N2O3S2/c1-15-11-12-17(28(25,26)23-13-7-6-8-16(23)2)14-18(15)21(24)22-19-9-4-5-10-20(19)27-3/h4-5,9-12,14,16H,6-8,13H2,1-3H3,(H,22,24). The van der Waals surface area contributed by atoms with Crippen molar-refractivity contribution >= 4 is 33.4 Å². The third kappa shape index (κ3) is 4.26. The van der Waals surface area contributed by atoms with E-state index in [1.807, 2.05) is 44.4 Å². The van der Waals surface area contributed by atoms with Gasteiger partial charge in [0.2, 0.25) is 10.0 Å². The summed E-state index contributed by atoms with van der Waals surface area (Å²) in [5.74, 6) is -0.303. The number of rotatable bonds is 5. The summed E-state index contributed by atoms with van der Waals surface area (Å²) in [6.07, 6.45) is 4.73. The number of thioether (sulfide) groups is 1. The SMILES string of the molecule is CSc1ccccc1NC(=O)c1cc(S(=O)(=O)N2CCCCC2C)ccc1C. The van der Waals surface area contributed by atoms with Crippen LogP contribution in [0.15, 0.2) is 52.3 Å². The van der Waals surface area contributed by atoms with Crippen LogP contribution in [0.3, 0.4) is 0 Å². The van der Waals surface area contributed by atoms with Gasteiger partial charge in [-0.15, -0.1) is 11.8 Å². The van der Waals surface area contributed by atoms with Crippen molar-refractivity contribution in [3.05, 3.63) is 53.6 Å². The van der Waals surface area contributed by atoms with Crippen LogP contribution in [0.5, 0.6) is 0 Å². The first-order chi connectivity index (χ1) is 13.3. The summed E-state index contributed by atoms with van der Waals surface area (Å²) in [5, 5.41) is 2.92. The zero-order chi connectivity index (χ0) is 20.3. The number of sulfonamides is 1. The molecule has 2 aromatic rings. The van der Waals surface area contributed by atoms with E-state index in [-0.39, 0.29) is 16.8 Å². The predicted molar refractivity (Wildman–Crippen MR) is 115 cm³/mol. The molecular formula is C21H26N2O3S2. The molecule has 7 heteroatoms. The predicted octanol–water partition coefficient (Wildman–Crippen LogP) is 4.53. The van der Waals surface area contributed by atoms with Crippen LogP contribution in [0.1, 0.15) is 42.1 Å². The van der Waals surface area contributed by atoms with Gasteiger partial charge in [-0.25, -0.2) is 8.42 Å². The molecule has 1 saturated heterocycles. The van der Waals surface area contributed by atoms with E-state index in [1.165, 1.54) is 6.07 Å². The summed E-state index contributed by atoms with van der Waals surface area (Å²) >= 11 is 1.55. The monoisotopic (exact) mass is 418 g/mol. The van der Waals surface area contributed by atoms with Crippen LogP contribution < -0.4 is 5.32 Å². The molecule has 1 unspecified atom stereocenters. The smallest absolute Gasteiger partial charge is 0.256 e. The van der Waals surface area contributed by atoms with Crippen LogP contribution in [-0.2, 0) is 10.0 Å². The summed E-state index contributed by atoms with van der Waals surface area (Å²) in [5.41, 5.74) is 1.84. The quantitative estimate of drug-likeness (QED) is 0.725. The maximum atomic E-state index is 13.1. The van der Waals surface area contributed by atoms with Gasteiger partial charge in [0, 0.05) is 23.0 Å². The lowest BCUT2D eigenvalue weighted by Gasteiger charge is -2.32. The molecule has 0 spiro atoms. The van der Waals surface area contributed by atoms with Gasteiger partial charge in [-0.2, -0.15) is 4.31 Å². The van der Waals surface area contributed by atoms with Gasteiger partial charge in [0.1, 0.15) is 0 Å². The number of nitrogens with one attached hydrogen (secondary N) is 1. The first kappa shape index (κ1) is 20.9. The number of aryl methyl sites for hydroxylation is 1. The largest absolute Gasteiger partial charge is 0.321 e. The van der Waals surface area contributed by atoms with Crippen molar-refractivity contribution in [1.29, 1.82) is 0 Å². The molecule has 1 aliphatic rings. The normalized spacial score (nSPS) is 18.0. The van der Waals surface area contributed by atoms with E-state index in [9.17, 15) is 13.2 Å². The third-order valence-electron chi connectivity index (χ3n) is 5.16. The van der Waals surface area contributed by atoms with E-state index in [1.54, 1.807) is 28.2 Å². The Kier molecular flexibility index (Phi) is 6.47. The highest BCUT2D eigenvalue weighted by atomic mass is 32.2. The molecular weight excluding hydrogens is 392 g/mol. The van der Waals surface area contributed by atoms with E-state index in [2.05, 4.69) is 5.32 Å². The molecule has 150 valence electrons. The summed E-state index contributed by atoms with van der Waals surface area (Å²) in [6, 6.07) is 12.3. The first-order valence-corrected chi connectivity index (χ1v) is 12.1. The minimum absolute atomic E-state index is 0.0224. The number of piperidine rings is 1. The first-order valence-electron chi connectivity index (χ1n) is 9.41. The number of amides is 1. The Morgan fingerprint density at radius 3 is 2.64 bits per heavy atom. The van der Waals surface area contributed by atoms with Crippen molar-refractivity contribution in [1.82, 2.24) is 4.31 Å². The Morgan fingerprint density at radius 1 is 1.18 bits per heavy atom. The highest BCUT2D eigenvalue weighted by Crippen LogP contribution is 2.28. The molecule has 0 radical (unpaired) electrons. The van der Waals surface area contributed by atoms with Crippen LogP contribution in [0.25, 0.3) is 0 Å². The van der Waals surface area contributed by atoms with Gasteiger partial charge in [-0.1, -0.05) is 24.6 Å². The van der Waals surface area contributed by atoms with Crippen LogP contribution in [0.2, 0.25) is 0 Å². The topological polar surface area (TPSA) is 66.5 Å². The van der Waals surface area contributed by atoms with Crippen LogP contribution >= 0.6 is 11.8 Å². The summed E-state index contributed by atoms with van der Waals surface area (Å²) in [6.45, 7) is 4.28. The maximum Gasteiger partial charge on any atom is 0.256 e. The van der Waals surface area contributed by atoms with Crippen molar-refractivity contribution in [3.63, 3.8) is 0 Å². The minimum Gasteiger partial charge on any atom is -0.321 e. The van der Waals surface area contributed by atoms with Crippen molar-refractivity contribution in [2.45, 2.75) is 48.9 Å². The second kappa shape index (κ2) is 8.68. The minimum atomic E-state index is -3.62. The number of carbonyl (C=O) groups excluding carboxylic acids is 1. The van der Waals surface area contributed by atoms with Gasteiger partial charge in [-0.3, -0.25) is 4.79 Å². The maximum absolute atomic E-state index is 13.1. The Labute approximate surface area is 171 Å². The zero-order valence-corrected chi connectivity index (χ0v) is 18.1. The van der Waals surface area contributed by atoms with E-state index in [0.717, 1.165) is 35.4 Å². The number of hydrogen-bond donors (Lipinski definition) is 1.